The fourth-order valence-corrected chi connectivity index (χ4v) is 3.48. The van der Waals surface area contributed by atoms with E-state index < -0.39 is 0 Å². The summed E-state index contributed by atoms with van der Waals surface area (Å²) in [6.45, 7) is 5.26. The van der Waals surface area contributed by atoms with Gasteiger partial charge in [0.15, 0.2) is 0 Å². The fraction of sp³-hybridized carbons (Fsp3) is 0.222. The van der Waals surface area contributed by atoms with Gasteiger partial charge in [0.25, 0.3) is 5.91 Å². The van der Waals surface area contributed by atoms with Gasteiger partial charge in [-0.15, -0.1) is 11.3 Å². The summed E-state index contributed by atoms with van der Waals surface area (Å²) in [6, 6.07) is 10.8. The molecule has 1 N–H and O–H groups in total. The summed E-state index contributed by atoms with van der Waals surface area (Å²) < 4.78 is 1.02. The fourth-order valence-electron chi connectivity index (χ4n) is 2.15. The van der Waals surface area contributed by atoms with Gasteiger partial charge in [-0.2, -0.15) is 0 Å². The summed E-state index contributed by atoms with van der Waals surface area (Å²) in [5.41, 5.74) is 1.28. The topological polar surface area (TPSA) is 49.4 Å². The van der Waals surface area contributed by atoms with Crippen molar-refractivity contribution < 1.29 is 9.59 Å². The molecule has 0 aliphatic heterocycles. The second-order valence-electron chi connectivity index (χ2n) is 5.02. The predicted molar refractivity (Wildman–Crippen MR) is 103 cm³/mol. The van der Waals surface area contributed by atoms with Crippen LogP contribution in [0.15, 0.2) is 46.3 Å². The molecule has 2 aromatic rings. The van der Waals surface area contributed by atoms with Crippen molar-refractivity contribution in [2.45, 2.75) is 13.8 Å². The summed E-state index contributed by atoms with van der Waals surface area (Å²) in [7, 11) is 0. The molecule has 0 aliphatic carbocycles. The zero-order valence-electron chi connectivity index (χ0n) is 13.6. The monoisotopic (exact) mass is 406 g/mol. The molecule has 1 heterocycles. The van der Waals surface area contributed by atoms with Gasteiger partial charge in [-0.25, -0.2) is 0 Å². The number of anilines is 1. The standard InChI is InChI=1S/C18H19BrN2O2S/c1-3-21(4-2)18(23)13-5-7-14(8-6-13)20-17(22)12-10-15-9-11-16(19)24-15/h5-12H,3-4H2,1-2H3,(H,20,22)/b12-10+. The van der Waals surface area contributed by atoms with E-state index >= 15 is 0 Å². The summed E-state index contributed by atoms with van der Waals surface area (Å²) in [5.74, 6) is -0.205. The summed E-state index contributed by atoms with van der Waals surface area (Å²) in [5, 5.41) is 2.78. The van der Waals surface area contributed by atoms with E-state index in [1.54, 1.807) is 46.6 Å². The summed E-state index contributed by atoms with van der Waals surface area (Å²) in [4.78, 5) is 26.9. The molecule has 0 fully saturated rings. The van der Waals surface area contributed by atoms with Gasteiger partial charge in [0.05, 0.1) is 3.79 Å². The van der Waals surface area contributed by atoms with Crippen LogP contribution >= 0.6 is 27.3 Å². The van der Waals surface area contributed by atoms with Crippen LogP contribution in [0.1, 0.15) is 29.1 Å². The van der Waals surface area contributed by atoms with Crippen molar-refractivity contribution in [3.8, 4) is 0 Å². The first kappa shape index (κ1) is 18.4. The second-order valence-corrected chi connectivity index (χ2v) is 7.51. The molecule has 126 valence electrons. The molecule has 0 saturated carbocycles. The zero-order chi connectivity index (χ0) is 17.5. The molecule has 6 heteroatoms. The SMILES string of the molecule is CCN(CC)C(=O)c1ccc(NC(=O)/C=C/c2ccc(Br)s2)cc1. The maximum absolute atomic E-state index is 12.2. The van der Waals surface area contributed by atoms with Crippen molar-refractivity contribution in [3.63, 3.8) is 0 Å². The van der Waals surface area contributed by atoms with Crippen molar-refractivity contribution in [2.75, 3.05) is 18.4 Å². The van der Waals surface area contributed by atoms with Gasteiger partial charge < -0.3 is 10.2 Å². The van der Waals surface area contributed by atoms with Crippen molar-refractivity contribution in [2.24, 2.45) is 0 Å². The Kier molecular flexibility index (Phi) is 6.75. The molecule has 1 aromatic carbocycles. The van der Waals surface area contributed by atoms with Crippen molar-refractivity contribution >= 4 is 50.8 Å². The van der Waals surface area contributed by atoms with Crippen LogP contribution in [-0.4, -0.2) is 29.8 Å². The third-order valence-electron chi connectivity index (χ3n) is 3.44. The molecule has 4 nitrogen and oxygen atoms in total. The van der Waals surface area contributed by atoms with Gasteiger partial charge in [-0.3, -0.25) is 9.59 Å². The number of carbonyl (C=O) groups is 2. The van der Waals surface area contributed by atoms with Crippen molar-refractivity contribution in [1.82, 2.24) is 4.90 Å². The first-order chi connectivity index (χ1) is 11.5. The maximum atomic E-state index is 12.2. The molecule has 0 radical (unpaired) electrons. The largest absolute Gasteiger partial charge is 0.339 e. The van der Waals surface area contributed by atoms with Crippen LogP contribution in [-0.2, 0) is 4.79 Å². The molecule has 2 amide bonds. The van der Waals surface area contributed by atoms with Gasteiger partial charge in [0.2, 0.25) is 5.91 Å². The lowest BCUT2D eigenvalue weighted by atomic mass is 10.1. The molecule has 0 unspecified atom stereocenters. The predicted octanol–water partition coefficient (Wildman–Crippen LogP) is 4.64. The Hall–Kier alpha value is -1.92. The number of carbonyl (C=O) groups excluding carboxylic acids is 2. The number of benzene rings is 1. The van der Waals surface area contributed by atoms with Crippen molar-refractivity contribution in [3.05, 3.63) is 56.7 Å². The molecule has 0 bridgehead atoms. The minimum absolute atomic E-state index is 0.000967. The highest BCUT2D eigenvalue weighted by Crippen LogP contribution is 2.23. The van der Waals surface area contributed by atoms with Crippen LogP contribution in [0.2, 0.25) is 0 Å². The normalized spacial score (nSPS) is 10.8. The lowest BCUT2D eigenvalue weighted by Crippen LogP contribution is -2.30. The number of thiophene rings is 1. The number of rotatable bonds is 6. The Bertz CT molecular complexity index is 734. The van der Waals surface area contributed by atoms with Crippen LogP contribution in [0.25, 0.3) is 6.08 Å². The summed E-state index contributed by atoms with van der Waals surface area (Å²) >= 11 is 4.94. The molecule has 2 rings (SSSR count). The Balaban J connectivity index is 1.97. The Labute approximate surface area is 154 Å². The van der Waals surface area contributed by atoms with Gasteiger partial charge >= 0.3 is 0 Å². The minimum atomic E-state index is -0.206. The highest BCUT2D eigenvalue weighted by molar-refractivity contribution is 9.11. The van der Waals surface area contributed by atoms with Crippen LogP contribution < -0.4 is 5.32 Å². The third kappa shape index (κ3) is 5.04. The average molecular weight is 407 g/mol. The second kappa shape index (κ2) is 8.80. The number of nitrogens with one attached hydrogen (secondary N) is 1. The van der Waals surface area contributed by atoms with Crippen LogP contribution in [0.5, 0.6) is 0 Å². The number of halogens is 1. The van der Waals surface area contributed by atoms with E-state index in [-0.39, 0.29) is 11.8 Å². The number of nitrogens with zero attached hydrogens (tertiary/aromatic N) is 1. The third-order valence-corrected chi connectivity index (χ3v) is 5.03. The van der Waals surface area contributed by atoms with Crippen molar-refractivity contribution in [1.29, 1.82) is 0 Å². The molecule has 0 atom stereocenters. The van der Waals surface area contributed by atoms with E-state index in [9.17, 15) is 9.59 Å². The van der Waals surface area contributed by atoms with E-state index in [0.29, 0.717) is 24.3 Å². The number of hydrogen-bond acceptors (Lipinski definition) is 3. The zero-order valence-corrected chi connectivity index (χ0v) is 16.0. The molecular weight excluding hydrogens is 388 g/mol. The van der Waals surface area contributed by atoms with E-state index in [1.807, 2.05) is 26.0 Å². The lowest BCUT2D eigenvalue weighted by Gasteiger charge is -2.18. The van der Waals surface area contributed by atoms with Gasteiger partial charge in [-0.05, 0) is 72.3 Å². The minimum Gasteiger partial charge on any atom is -0.339 e. The quantitative estimate of drug-likeness (QED) is 0.709. The number of amides is 2. The van der Waals surface area contributed by atoms with E-state index in [0.717, 1.165) is 8.66 Å². The first-order valence-corrected chi connectivity index (χ1v) is 9.28. The highest BCUT2D eigenvalue weighted by Gasteiger charge is 2.12. The molecular formula is C18H19BrN2O2S. The summed E-state index contributed by atoms with van der Waals surface area (Å²) in [6.07, 6.45) is 3.26. The molecule has 0 saturated heterocycles. The first-order valence-electron chi connectivity index (χ1n) is 7.67. The van der Waals surface area contributed by atoms with E-state index in [1.165, 1.54) is 6.08 Å². The molecule has 0 aliphatic rings. The van der Waals surface area contributed by atoms with Gasteiger partial charge in [0, 0.05) is 35.3 Å². The van der Waals surface area contributed by atoms with Gasteiger partial charge in [-0.1, -0.05) is 0 Å². The number of hydrogen-bond donors (Lipinski definition) is 1. The van der Waals surface area contributed by atoms with Crippen LogP contribution in [0.3, 0.4) is 0 Å². The lowest BCUT2D eigenvalue weighted by molar-refractivity contribution is -0.111. The van der Waals surface area contributed by atoms with Gasteiger partial charge in [0.1, 0.15) is 0 Å². The van der Waals surface area contributed by atoms with Crippen LogP contribution in [0.4, 0.5) is 5.69 Å². The Morgan fingerprint density at radius 1 is 1.12 bits per heavy atom. The van der Waals surface area contributed by atoms with E-state index in [2.05, 4.69) is 21.2 Å². The maximum Gasteiger partial charge on any atom is 0.253 e. The molecule has 24 heavy (non-hydrogen) atoms. The smallest absolute Gasteiger partial charge is 0.253 e. The Morgan fingerprint density at radius 2 is 1.79 bits per heavy atom. The average Bonchev–Trinajstić information content (AvgIpc) is 3.00. The van der Waals surface area contributed by atoms with E-state index in [4.69, 9.17) is 0 Å². The molecule has 0 spiro atoms. The Morgan fingerprint density at radius 3 is 2.33 bits per heavy atom. The van der Waals surface area contributed by atoms with Crippen LogP contribution in [0, 0.1) is 0 Å². The highest BCUT2D eigenvalue weighted by atomic mass is 79.9. The molecule has 1 aromatic heterocycles.